The Kier molecular flexibility index (Phi) is 4.63. The molecule has 0 aliphatic rings. The van der Waals surface area contributed by atoms with E-state index in [0.29, 0.717) is 5.76 Å². The molecular weight excluding hydrogens is 285 g/mol. The second kappa shape index (κ2) is 6.43. The van der Waals surface area contributed by atoms with E-state index in [9.17, 15) is 9.18 Å². The van der Waals surface area contributed by atoms with Crippen LogP contribution < -0.4 is 10.1 Å². The van der Waals surface area contributed by atoms with Gasteiger partial charge in [-0.25, -0.2) is 4.39 Å². The number of halogens is 2. The number of benzene rings is 1. The highest BCUT2D eigenvalue weighted by atomic mass is 35.5. The van der Waals surface area contributed by atoms with Crippen LogP contribution in [0.25, 0.3) is 0 Å². The first kappa shape index (κ1) is 14.4. The van der Waals surface area contributed by atoms with Crippen LogP contribution in [0.4, 0.5) is 4.39 Å². The first-order valence-electron chi connectivity index (χ1n) is 5.98. The lowest BCUT2D eigenvalue weighted by atomic mass is 10.3. The molecule has 0 saturated heterocycles. The summed E-state index contributed by atoms with van der Waals surface area (Å²) in [5.74, 6) is 0.123. The lowest BCUT2D eigenvalue weighted by molar-refractivity contribution is -0.127. The number of rotatable bonds is 5. The van der Waals surface area contributed by atoms with Crippen molar-refractivity contribution < 1.29 is 18.3 Å². The molecule has 2 aromatic rings. The molecule has 20 heavy (non-hydrogen) atoms. The lowest BCUT2D eigenvalue weighted by Crippen LogP contribution is -2.35. The average Bonchev–Trinajstić information content (AvgIpc) is 2.92. The van der Waals surface area contributed by atoms with Gasteiger partial charge in [-0.05, 0) is 37.3 Å². The summed E-state index contributed by atoms with van der Waals surface area (Å²) < 4.78 is 23.4. The van der Waals surface area contributed by atoms with Crippen molar-refractivity contribution in [2.45, 2.75) is 19.6 Å². The average molecular weight is 298 g/mol. The molecule has 1 amide bonds. The molecular formula is C14H13ClFNO3. The first-order valence-corrected chi connectivity index (χ1v) is 6.36. The van der Waals surface area contributed by atoms with Crippen molar-refractivity contribution in [1.82, 2.24) is 5.32 Å². The van der Waals surface area contributed by atoms with Gasteiger partial charge >= 0.3 is 0 Å². The van der Waals surface area contributed by atoms with Gasteiger partial charge in [-0.3, -0.25) is 4.79 Å². The third-order valence-electron chi connectivity index (χ3n) is 2.58. The standard InChI is InChI=1S/C14H13ClFNO3/c1-9(14(18)17-8-11-3-2-6-19-11)20-13-5-4-10(16)7-12(13)15/h2-7,9H,8H2,1H3,(H,17,18). The second-order valence-corrected chi connectivity index (χ2v) is 4.54. The minimum absolute atomic E-state index is 0.121. The molecule has 4 nitrogen and oxygen atoms in total. The van der Waals surface area contributed by atoms with Crippen molar-refractivity contribution in [2.75, 3.05) is 0 Å². The second-order valence-electron chi connectivity index (χ2n) is 4.13. The number of ether oxygens (including phenoxy) is 1. The zero-order valence-corrected chi connectivity index (χ0v) is 11.5. The number of furan rings is 1. The minimum atomic E-state index is -0.757. The molecule has 0 fully saturated rings. The molecule has 0 saturated carbocycles. The van der Waals surface area contributed by atoms with Gasteiger partial charge in [0, 0.05) is 0 Å². The maximum atomic E-state index is 12.9. The first-order chi connectivity index (χ1) is 9.56. The van der Waals surface area contributed by atoms with Gasteiger partial charge in [0.2, 0.25) is 0 Å². The number of carbonyl (C=O) groups excluding carboxylic acids is 1. The van der Waals surface area contributed by atoms with Crippen molar-refractivity contribution in [3.8, 4) is 5.75 Å². The molecule has 0 spiro atoms. The summed E-state index contributed by atoms with van der Waals surface area (Å²) >= 11 is 5.82. The van der Waals surface area contributed by atoms with Crippen molar-refractivity contribution in [3.63, 3.8) is 0 Å². The highest BCUT2D eigenvalue weighted by molar-refractivity contribution is 6.32. The van der Waals surface area contributed by atoms with Crippen LogP contribution in [0.3, 0.4) is 0 Å². The smallest absolute Gasteiger partial charge is 0.261 e. The fraction of sp³-hybridized carbons (Fsp3) is 0.214. The third-order valence-corrected chi connectivity index (χ3v) is 2.88. The fourth-order valence-corrected chi connectivity index (χ4v) is 1.76. The van der Waals surface area contributed by atoms with Gasteiger partial charge in [0.25, 0.3) is 5.91 Å². The third kappa shape index (κ3) is 3.74. The Morgan fingerprint density at radius 3 is 2.95 bits per heavy atom. The Morgan fingerprint density at radius 2 is 2.30 bits per heavy atom. The van der Waals surface area contributed by atoms with Crippen molar-refractivity contribution in [1.29, 1.82) is 0 Å². The van der Waals surface area contributed by atoms with Crippen LogP contribution in [0, 0.1) is 5.82 Å². The van der Waals surface area contributed by atoms with Gasteiger partial charge in [0.05, 0.1) is 17.8 Å². The molecule has 1 N–H and O–H groups in total. The number of carbonyl (C=O) groups is 1. The van der Waals surface area contributed by atoms with Gasteiger partial charge in [0.15, 0.2) is 6.10 Å². The van der Waals surface area contributed by atoms with Gasteiger partial charge in [0.1, 0.15) is 17.3 Å². The van der Waals surface area contributed by atoms with Gasteiger partial charge < -0.3 is 14.5 Å². The molecule has 0 aliphatic heterocycles. The lowest BCUT2D eigenvalue weighted by Gasteiger charge is -2.15. The summed E-state index contributed by atoms with van der Waals surface area (Å²) in [5.41, 5.74) is 0. The van der Waals surface area contributed by atoms with Crippen LogP contribution in [-0.2, 0) is 11.3 Å². The number of hydrogen-bond donors (Lipinski definition) is 1. The minimum Gasteiger partial charge on any atom is -0.479 e. The number of hydrogen-bond acceptors (Lipinski definition) is 3. The normalized spacial score (nSPS) is 11.9. The van der Waals surface area contributed by atoms with E-state index in [-0.39, 0.29) is 23.2 Å². The molecule has 1 atom stereocenters. The van der Waals surface area contributed by atoms with E-state index in [1.54, 1.807) is 19.1 Å². The van der Waals surface area contributed by atoms with E-state index in [4.69, 9.17) is 20.8 Å². The highest BCUT2D eigenvalue weighted by Gasteiger charge is 2.16. The highest BCUT2D eigenvalue weighted by Crippen LogP contribution is 2.25. The predicted molar refractivity (Wildman–Crippen MR) is 72.1 cm³/mol. The van der Waals surface area contributed by atoms with E-state index in [0.717, 1.165) is 6.07 Å². The number of amides is 1. The van der Waals surface area contributed by atoms with Crippen LogP contribution in [0.15, 0.2) is 41.0 Å². The Hall–Kier alpha value is -2.01. The molecule has 1 aromatic carbocycles. The molecule has 1 aromatic heterocycles. The molecule has 0 bridgehead atoms. The summed E-state index contributed by atoms with van der Waals surface area (Å²) in [5, 5.41) is 2.78. The van der Waals surface area contributed by atoms with Crippen LogP contribution >= 0.6 is 11.6 Å². The van der Waals surface area contributed by atoms with Gasteiger partial charge in [-0.1, -0.05) is 11.6 Å². The van der Waals surface area contributed by atoms with Gasteiger partial charge in [-0.2, -0.15) is 0 Å². The van der Waals surface area contributed by atoms with Crippen molar-refractivity contribution in [2.24, 2.45) is 0 Å². The number of nitrogens with one attached hydrogen (secondary N) is 1. The summed E-state index contributed by atoms with van der Waals surface area (Å²) in [6, 6.07) is 7.22. The topological polar surface area (TPSA) is 51.5 Å². The van der Waals surface area contributed by atoms with E-state index in [1.165, 1.54) is 18.4 Å². The maximum Gasteiger partial charge on any atom is 0.261 e. The molecule has 0 radical (unpaired) electrons. The van der Waals surface area contributed by atoms with Crippen LogP contribution in [0.2, 0.25) is 5.02 Å². The SMILES string of the molecule is CC(Oc1ccc(F)cc1Cl)C(=O)NCc1ccco1. The van der Waals surface area contributed by atoms with E-state index < -0.39 is 11.9 Å². The largest absolute Gasteiger partial charge is 0.479 e. The van der Waals surface area contributed by atoms with Crippen LogP contribution in [0.1, 0.15) is 12.7 Å². The Bertz CT molecular complexity index is 586. The van der Waals surface area contributed by atoms with E-state index in [2.05, 4.69) is 5.32 Å². The van der Waals surface area contributed by atoms with E-state index >= 15 is 0 Å². The molecule has 106 valence electrons. The van der Waals surface area contributed by atoms with Crippen molar-refractivity contribution in [3.05, 3.63) is 53.2 Å². The molecule has 6 heteroatoms. The summed E-state index contributed by atoms with van der Waals surface area (Å²) in [7, 11) is 0. The quantitative estimate of drug-likeness (QED) is 0.922. The zero-order chi connectivity index (χ0) is 14.5. The Labute approximate surface area is 120 Å². The Balaban J connectivity index is 1.90. The molecule has 2 rings (SSSR count). The zero-order valence-electron chi connectivity index (χ0n) is 10.7. The molecule has 1 unspecified atom stereocenters. The Morgan fingerprint density at radius 1 is 1.50 bits per heavy atom. The van der Waals surface area contributed by atoms with Crippen LogP contribution in [-0.4, -0.2) is 12.0 Å². The maximum absolute atomic E-state index is 12.9. The predicted octanol–water partition coefficient (Wildman–Crippen LogP) is 3.16. The van der Waals surface area contributed by atoms with E-state index in [1.807, 2.05) is 0 Å². The monoisotopic (exact) mass is 297 g/mol. The van der Waals surface area contributed by atoms with Crippen molar-refractivity contribution >= 4 is 17.5 Å². The summed E-state index contributed by atoms with van der Waals surface area (Å²) in [4.78, 5) is 11.8. The molecule has 0 aliphatic carbocycles. The summed E-state index contributed by atoms with van der Waals surface area (Å²) in [6.07, 6.45) is 0.771. The fourth-order valence-electron chi connectivity index (χ4n) is 1.55. The molecule has 1 heterocycles. The summed E-state index contributed by atoms with van der Waals surface area (Å²) in [6.45, 7) is 1.85. The van der Waals surface area contributed by atoms with Crippen LogP contribution in [0.5, 0.6) is 5.75 Å². The van der Waals surface area contributed by atoms with Gasteiger partial charge in [-0.15, -0.1) is 0 Å².